The first-order valence-corrected chi connectivity index (χ1v) is 13.3. The van der Waals surface area contributed by atoms with Gasteiger partial charge in [-0.25, -0.2) is 0 Å². The molecule has 2 aromatic rings. The standard InChI is InChI=1S/C28H45N3O/c1-2-3-4-5-6-7-8-9-10-11-12-13-14-15-16-17-18-19-20-25-28(32)31-27-24-22-21-23-26(27)29-30-31/h9-10,21-24H,2-8,11-20,25H2,1H3/b10-9+. The molecular formula is C28H45N3O. The summed E-state index contributed by atoms with van der Waals surface area (Å²) in [6.07, 6.45) is 27.6. The minimum atomic E-state index is 0.0553. The van der Waals surface area contributed by atoms with E-state index in [0.717, 1.165) is 23.9 Å². The lowest BCUT2D eigenvalue weighted by atomic mass is 10.1. The van der Waals surface area contributed by atoms with Gasteiger partial charge in [0, 0.05) is 6.42 Å². The van der Waals surface area contributed by atoms with Crippen LogP contribution in [0, 0.1) is 0 Å². The fourth-order valence-corrected chi connectivity index (χ4v) is 4.21. The number of para-hydroxylation sites is 1. The number of allylic oxidation sites excluding steroid dienone is 2. The molecule has 178 valence electrons. The summed E-state index contributed by atoms with van der Waals surface area (Å²) < 4.78 is 1.46. The van der Waals surface area contributed by atoms with Gasteiger partial charge >= 0.3 is 0 Å². The van der Waals surface area contributed by atoms with Crippen LogP contribution in [0.15, 0.2) is 36.4 Å². The van der Waals surface area contributed by atoms with Crippen molar-refractivity contribution in [3.8, 4) is 0 Å². The Balaban J connectivity index is 1.34. The van der Waals surface area contributed by atoms with Gasteiger partial charge in [0.2, 0.25) is 5.91 Å². The van der Waals surface area contributed by atoms with E-state index in [4.69, 9.17) is 0 Å². The summed E-state index contributed by atoms with van der Waals surface area (Å²) in [6, 6.07) is 7.63. The molecule has 0 spiro atoms. The number of carbonyl (C=O) groups excluding carboxylic acids is 1. The van der Waals surface area contributed by atoms with Crippen molar-refractivity contribution in [1.82, 2.24) is 15.0 Å². The Kier molecular flexibility index (Phi) is 14.4. The van der Waals surface area contributed by atoms with Gasteiger partial charge in [0.05, 0.1) is 5.52 Å². The summed E-state index contributed by atoms with van der Waals surface area (Å²) in [5.74, 6) is 0.0553. The van der Waals surface area contributed by atoms with Gasteiger partial charge in [0.25, 0.3) is 0 Å². The number of nitrogens with zero attached hydrogens (tertiary/aromatic N) is 3. The van der Waals surface area contributed by atoms with E-state index in [9.17, 15) is 4.79 Å². The zero-order valence-electron chi connectivity index (χ0n) is 20.4. The molecule has 0 fully saturated rings. The third kappa shape index (κ3) is 11.1. The Morgan fingerprint density at radius 3 is 1.91 bits per heavy atom. The molecule has 0 atom stereocenters. The summed E-state index contributed by atoms with van der Waals surface area (Å²) in [4.78, 5) is 12.4. The largest absolute Gasteiger partial charge is 0.273 e. The first-order valence-electron chi connectivity index (χ1n) is 13.3. The van der Waals surface area contributed by atoms with Crippen molar-refractivity contribution in [2.75, 3.05) is 0 Å². The van der Waals surface area contributed by atoms with Crippen LogP contribution in [-0.2, 0) is 0 Å². The molecule has 0 unspecified atom stereocenters. The highest BCUT2D eigenvalue weighted by Gasteiger charge is 2.10. The molecule has 1 aromatic carbocycles. The quantitative estimate of drug-likeness (QED) is 0.162. The second-order valence-corrected chi connectivity index (χ2v) is 9.13. The Morgan fingerprint density at radius 1 is 0.750 bits per heavy atom. The van der Waals surface area contributed by atoms with Crippen LogP contribution in [-0.4, -0.2) is 20.9 Å². The highest BCUT2D eigenvalue weighted by molar-refractivity contribution is 5.88. The molecule has 0 aliphatic carbocycles. The molecule has 0 radical (unpaired) electrons. The summed E-state index contributed by atoms with van der Waals surface area (Å²) in [5, 5.41) is 8.07. The van der Waals surface area contributed by atoms with Crippen LogP contribution in [0.1, 0.15) is 127 Å². The molecule has 2 rings (SSSR count). The molecular weight excluding hydrogens is 394 g/mol. The van der Waals surface area contributed by atoms with Gasteiger partial charge in [-0.05, 0) is 44.2 Å². The van der Waals surface area contributed by atoms with E-state index >= 15 is 0 Å². The first kappa shape index (κ1) is 26.3. The highest BCUT2D eigenvalue weighted by atomic mass is 16.2. The van der Waals surface area contributed by atoms with E-state index in [1.165, 1.54) is 101 Å². The van der Waals surface area contributed by atoms with Gasteiger partial charge in [-0.3, -0.25) is 4.79 Å². The minimum Gasteiger partial charge on any atom is -0.273 e. The van der Waals surface area contributed by atoms with Gasteiger partial charge in [-0.1, -0.05) is 113 Å². The number of unbranched alkanes of at least 4 members (excludes halogenated alkanes) is 15. The van der Waals surface area contributed by atoms with Crippen molar-refractivity contribution in [2.24, 2.45) is 0 Å². The highest BCUT2D eigenvalue weighted by Crippen LogP contribution is 2.14. The third-order valence-electron chi connectivity index (χ3n) is 6.24. The zero-order chi connectivity index (χ0) is 22.7. The zero-order valence-corrected chi connectivity index (χ0v) is 20.4. The average Bonchev–Trinajstić information content (AvgIpc) is 3.25. The van der Waals surface area contributed by atoms with Crippen LogP contribution in [0.4, 0.5) is 0 Å². The van der Waals surface area contributed by atoms with Crippen molar-refractivity contribution in [2.45, 2.75) is 122 Å². The van der Waals surface area contributed by atoms with Crippen molar-refractivity contribution >= 4 is 16.9 Å². The SMILES string of the molecule is CCCCCCCC/C=C/CCCCCCCCCCCC(=O)n1nnc2ccccc21. The van der Waals surface area contributed by atoms with Gasteiger partial charge in [0.15, 0.2) is 0 Å². The van der Waals surface area contributed by atoms with E-state index in [-0.39, 0.29) is 5.91 Å². The number of fused-ring (bicyclic) bond motifs is 1. The summed E-state index contributed by atoms with van der Waals surface area (Å²) in [7, 11) is 0. The summed E-state index contributed by atoms with van der Waals surface area (Å²) in [5.41, 5.74) is 1.59. The molecule has 0 N–H and O–H groups in total. The third-order valence-corrected chi connectivity index (χ3v) is 6.24. The van der Waals surface area contributed by atoms with E-state index in [0.29, 0.717) is 6.42 Å². The Hall–Kier alpha value is -1.97. The van der Waals surface area contributed by atoms with E-state index in [2.05, 4.69) is 29.4 Å². The minimum absolute atomic E-state index is 0.0553. The van der Waals surface area contributed by atoms with Crippen molar-refractivity contribution in [3.63, 3.8) is 0 Å². The lowest BCUT2D eigenvalue weighted by molar-refractivity contribution is 0.0886. The van der Waals surface area contributed by atoms with Gasteiger partial charge in [0.1, 0.15) is 5.52 Å². The average molecular weight is 440 g/mol. The lowest BCUT2D eigenvalue weighted by Gasteiger charge is -2.03. The van der Waals surface area contributed by atoms with Gasteiger partial charge in [-0.2, -0.15) is 4.68 Å². The number of hydrogen-bond donors (Lipinski definition) is 0. The Morgan fingerprint density at radius 2 is 1.28 bits per heavy atom. The second kappa shape index (κ2) is 17.6. The van der Waals surface area contributed by atoms with Crippen LogP contribution in [0.5, 0.6) is 0 Å². The molecule has 0 saturated carbocycles. The van der Waals surface area contributed by atoms with E-state index < -0.39 is 0 Å². The van der Waals surface area contributed by atoms with Crippen LogP contribution in [0.25, 0.3) is 11.0 Å². The van der Waals surface area contributed by atoms with Crippen molar-refractivity contribution in [3.05, 3.63) is 36.4 Å². The molecule has 0 saturated heterocycles. The van der Waals surface area contributed by atoms with Crippen LogP contribution >= 0.6 is 0 Å². The number of aromatic nitrogens is 3. The van der Waals surface area contributed by atoms with Crippen LogP contribution in [0.2, 0.25) is 0 Å². The molecule has 32 heavy (non-hydrogen) atoms. The first-order chi connectivity index (χ1) is 15.8. The topological polar surface area (TPSA) is 47.8 Å². The lowest BCUT2D eigenvalue weighted by Crippen LogP contribution is -2.12. The van der Waals surface area contributed by atoms with Gasteiger partial charge < -0.3 is 0 Å². The molecule has 0 aliphatic rings. The second-order valence-electron chi connectivity index (χ2n) is 9.13. The van der Waals surface area contributed by atoms with Crippen LogP contribution in [0.3, 0.4) is 0 Å². The molecule has 0 amide bonds. The number of benzene rings is 1. The van der Waals surface area contributed by atoms with E-state index in [1.807, 2.05) is 24.3 Å². The van der Waals surface area contributed by atoms with Gasteiger partial charge in [-0.15, -0.1) is 5.10 Å². The maximum Gasteiger partial charge on any atom is 0.248 e. The van der Waals surface area contributed by atoms with E-state index in [1.54, 1.807) is 0 Å². The maximum absolute atomic E-state index is 12.4. The molecule has 1 heterocycles. The predicted octanol–water partition coefficient (Wildman–Crippen LogP) is 8.67. The smallest absolute Gasteiger partial charge is 0.248 e. The molecule has 1 aromatic heterocycles. The number of hydrogen-bond acceptors (Lipinski definition) is 3. The molecule has 4 nitrogen and oxygen atoms in total. The maximum atomic E-state index is 12.4. The summed E-state index contributed by atoms with van der Waals surface area (Å²) >= 11 is 0. The number of rotatable bonds is 19. The normalized spacial score (nSPS) is 11.7. The fourth-order valence-electron chi connectivity index (χ4n) is 4.21. The molecule has 0 aliphatic heterocycles. The van der Waals surface area contributed by atoms with Crippen LogP contribution < -0.4 is 0 Å². The number of carbonyl (C=O) groups is 1. The summed E-state index contributed by atoms with van der Waals surface area (Å²) in [6.45, 7) is 2.28. The molecule has 0 bridgehead atoms. The monoisotopic (exact) mass is 439 g/mol. The Bertz CT molecular complexity index is 765. The molecule has 4 heteroatoms. The Labute approximate surface area is 195 Å². The van der Waals surface area contributed by atoms with Crippen molar-refractivity contribution < 1.29 is 4.79 Å². The van der Waals surface area contributed by atoms with Crippen molar-refractivity contribution in [1.29, 1.82) is 0 Å². The fraction of sp³-hybridized carbons (Fsp3) is 0.679. The predicted molar refractivity (Wildman–Crippen MR) is 136 cm³/mol.